The van der Waals surface area contributed by atoms with E-state index in [0.717, 1.165) is 53.5 Å². The summed E-state index contributed by atoms with van der Waals surface area (Å²) < 4.78 is 0. The van der Waals surface area contributed by atoms with Crippen molar-refractivity contribution in [3.8, 4) is 0 Å². The molecular weight excluding hydrogens is 392 g/mol. The number of aryl methyl sites for hydroxylation is 2. The summed E-state index contributed by atoms with van der Waals surface area (Å²) in [5.74, 6) is 0.292. The minimum Gasteiger partial charge on any atom is -0.325 e. The molecule has 0 radical (unpaired) electrons. The standard InChI is InChI=1S/C24H28N4OS/c1-17-9-10-20(18(2)15-17)25-21(29)16-30-23-22(19-7-5-4-6-8-19)26-24(27-23)11-13-28(3)14-12-24/h4-10,15H,11-14,16H2,1-3H3,(H,25,29). The van der Waals surface area contributed by atoms with Gasteiger partial charge >= 0.3 is 0 Å². The van der Waals surface area contributed by atoms with Gasteiger partial charge in [0.1, 0.15) is 5.04 Å². The number of thioether (sulfide) groups is 1. The molecule has 0 aliphatic carbocycles. The molecule has 0 unspecified atom stereocenters. The van der Waals surface area contributed by atoms with Crippen molar-refractivity contribution in [2.24, 2.45) is 9.98 Å². The Kier molecular flexibility index (Phi) is 6.06. The van der Waals surface area contributed by atoms with Gasteiger partial charge in [-0.25, -0.2) is 4.99 Å². The van der Waals surface area contributed by atoms with Gasteiger partial charge < -0.3 is 10.2 Å². The molecule has 2 heterocycles. The summed E-state index contributed by atoms with van der Waals surface area (Å²) >= 11 is 1.49. The van der Waals surface area contributed by atoms with E-state index in [-0.39, 0.29) is 11.6 Å². The maximum atomic E-state index is 12.6. The van der Waals surface area contributed by atoms with Crippen molar-refractivity contribution in [3.05, 3.63) is 65.2 Å². The average molecular weight is 421 g/mol. The Hall–Kier alpha value is -2.44. The van der Waals surface area contributed by atoms with Crippen LogP contribution in [0.3, 0.4) is 0 Å². The minimum atomic E-state index is -0.371. The number of piperidine rings is 1. The lowest BCUT2D eigenvalue weighted by Crippen LogP contribution is -2.39. The molecule has 4 rings (SSSR count). The second kappa shape index (κ2) is 8.74. The highest BCUT2D eigenvalue weighted by molar-refractivity contribution is 8.16. The number of nitrogens with one attached hydrogen (secondary N) is 1. The molecule has 0 atom stereocenters. The van der Waals surface area contributed by atoms with Crippen LogP contribution in [0.4, 0.5) is 5.69 Å². The van der Waals surface area contributed by atoms with Crippen LogP contribution in [0.25, 0.3) is 0 Å². The highest BCUT2D eigenvalue weighted by Gasteiger charge is 2.39. The van der Waals surface area contributed by atoms with E-state index in [4.69, 9.17) is 9.98 Å². The molecule has 2 aromatic rings. The predicted octanol–water partition coefficient (Wildman–Crippen LogP) is 4.30. The largest absolute Gasteiger partial charge is 0.325 e. The molecule has 30 heavy (non-hydrogen) atoms. The zero-order valence-corrected chi connectivity index (χ0v) is 18.6. The van der Waals surface area contributed by atoms with Crippen LogP contribution in [0, 0.1) is 13.8 Å². The fourth-order valence-corrected chi connectivity index (χ4v) is 4.76. The topological polar surface area (TPSA) is 57.1 Å². The van der Waals surface area contributed by atoms with Crippen LogP contribution in [-0.2, 0) is 4.79 Å². The van der Waals surface area contributed by atoms with Gasteiger partial charge in [-0.1, -0.05) is 59.8 Å². The smallest absolute Gasteiger partial charge is 0.234 e. The van der Waals surface area contributed by atoms with E-state index >= 15 is 0 Å². The van der Waals surface area contributed by atoms with Gasteiger partial charge in [0, 0.05) is 37.2 Å². The number of carbonyl (C=O) groups is 1. The Labute approximate surface area is 182 Å². The van der Waals surface area contributed by atoms with Crippen LogP contribution in [-0.4, -0.2) is 53.1 Å². The van der Waals surface area contributed by atoms with E-state index in [9.17, 15) is 4.79 Å². The van der Waals surface area contributed by atoms with Gasteiger partial charge in [0.2, 0.25) is 5.91 Å². The molecule has 5 nitrogen and oxygen atoms in total. The molecule has 2 aromatic carbocycles. The molecule has 0 saturated carbocycles. The number of hydrogen-bond acceptors (Lipinski definition) is 5. The number of hydrogen-bond donors (Lipinski definition) is 1. The molecule has 1 N–H and O–H groups in total. The van der Waals surface area contributed by atoms with Gasteiger partial charge in [-0.15, -0.1) is 0 Å². The van der Waals surface area contributed by atoms with E-state index < -0.39 is 0 Å². The average Bonchev–Trinajstić information content (AvgIpc) is 3.10. The zero-order valence-electron chi connectivity index (χ0n) is 17.8. The van der Waals surface area contributed by atoms with Crippen LogP contribution in [0.1, 0.15) is 29.5 Å². The summed E-state index contributed by atoms with van der Waals surface area (Å²) in [6.07, 6.45) is 1.83. The summed E-state index contributed by atoms with van der Waals surface area (Å²) in [5, 5.41) is 3.91. The fraction of sp³-hybridized carbons (Fsp3) is 0.375. The van der Waals surface area contributed by atoms with Crippen molar-refractivity contribution in [1.29, 1.82) is 0 Å². The number of rotatable bonds is 4. The monoisotopic (exact) mass is 420 g/mol. The van der Waals surface area contributed by atoms with E-state index in [1.807, 2.05) is 37.3 Å². The molecule has 2 aliphatic rings. The van der Waals surface area contributed by atoms with Crippen LogP contribution >= 0.6 is 11.8 Å². The molecule has 2 aliphatic heterocycles. The molecular formula is C24H28N4OS. The lowest BCUT2D eigenvalue weighted by Gasteiger charge is -2.33. The molecule has 1 amide bonds. The van der Waals surface area contributed by atoms with Crippen molar-refractivity contribution < 1.29 is 4.79 Å². The van der Waals surface area contributed by atoms with Gasteiger partial charge in [-0.2, -0.15) is 0 Å². The Bertz CT molecular complexity index is 992. The highest BCUT2D eigenvalue weighted by atomic mass is 32.2. The lowest BCUT2D eigenvalue weighted by atomic mass is 9.99. The van der Waals surface area contributed by atoms with Crippen molar-refractivity contribution in [2.75, 3.05) is 31.2 Å². The Morgan fingerprint density at radius 3 is 2.53 bits per heavy atom. The van der Waals surface area contributed by atoms with Gasteiger partial charge in [-0.3, -0.25) is 9.79 Å². The molecule has 6 heteroatoms. The second-order valence-corrected chi connectivity index (χ2v) is 9.15. The fourth-order valence-electron chi connectivity index (χ4n) is 3.88. The Morgan fingerprint density at radius 2 is 1.83 bits per heavy atom. The van der Waals surface area contributed by atoms with Crippen molar-refractivity contribution >= 4 is 34.1 Å². The van der Waals surface area contributed by atoms with Gasteiger partial charge in [-0.05, 0) is 32.5 Å². The summed E-state index contributed by atoms with van der Waals surface area (Å²) in [4.78, 5) is 25.1. The lowest BCUT2D eigenvalue weighted by molar-refractivity contribution is -0.113. The third kappa shape index (κ3) is 4.65. The van der Waals surface area contributed by atoms with Crippen LogP contribution in [0.15, 0.2) is 58.5 Å². The predicted molar refractivity (Wildman–Crippen MR) is 127 cm³/mol. The number of benzene rings is 2. The number of amides is 1. The van der Waals surface area contributed by atoms with Crippen molar-refractivity contribution in [2.45, 2.75) is 32.4 Å². The quantitative estimate of drug-likeness (QED) is 0.802. The van der Waals surface area contributed by atoms with Gasteiger partial charge in [0.05, 0.1) is 11.5 Å². The number of nitrogens with zero attached hydrogens (tertiary/aromatic N) is 3. The summed E-state index contributed by atoms with van der Waals surface area (Å²) in [5.41, 5.74) is 4.74. The highest BCUT2D eigenvalue weighted by Crippen LogP contribution is 2.35. The molecule has 0 bridgehead atoms. The molecule has 1 fully saturated rings. The normalized spacial score (nSPS) is 18.2. The third-order valence-corrected chi connectivity index (χ3v) is 6.63. The number of aliphatic imine (C=N–C) groups is 2. The van der Waals surface area contributed by atoms with Crippen LogP contribution < -0.4 is 5.32 Å². The van der Waals surface area contributed by atoms with E-state index in [2.05, 4.69) is 42.4 Å². The first kappa shape index (κ1) is 20.8. The van der Waals surface area contributed by atoms with E-state index in [1.54, 1.807) is 0 Å². The first-order valence-electron chi connectivity index (χ1n) is 10.4. The maximum absolute atomic E-state index is 12.6. The van der Waals surface area contributed by atoms with Gasteiger partial charge in [0.25, 0.3) is 0 Å². The Balaban J connectivity index is 1.49. The van der Waals surface area contributed by atoms with Crippen LogP contribution in [0.2, 0.25) is 0 Å². The first-order valence-corrected chi connectivity index (χ1v) is 11.4. The summed E-state index contributed by atoms with van der Waals surface area (Å²) in [7, 11) is 2.14. The first-order chi connectivity index (χ1) is 14.4. The number of carbonyl (C=O) groups excluding carboxylic acids is 1. The Morgan fingerprint density at radius 1 is 1.10 bits per heavy atom. The second-order valence-electron chi connectivity index (χ2n) is 8.18. The van der Waals surface area contributed by atoms with Crippen molar-refractivity contribution in [3.63, 3.8) is 0 Å². The zero-order chi connectivity index (χ0) is 21.1. The third-order valence-electron chi connectivity index (χ3n) is 5.66. The van der Waals surface area contributed by atoms with Crippen LogP contribution in [0.5, 0.6) is 0 Å². The minimum absolute atomic E-state index is 0.0219. The van der Waals surface area contributed by atoms with Gasteiger partial charge in [0.15, 0.2) is 5.66 Å². The van der Waals surface area contributed by atoms with E-state index in [1.165, 1.54) is 17.3 Å². The summed E-state index contributed by atoms with van der Waals surface area (Å²) in [6.45, 7) is 6.04. The SMILES string of the molecule is Cc1ccc(NC(=O)CSC2=NC3(CCN(C)CC3)N=C2c2ccccc2)c(C)c1. The number of likely N-dealkylation sites (tertiary alicyclic amines) is 1. The molecule has 1 spiro atoms. The van der Waals surface area contributed by atoms with E-state index in [0.29, 0.717) is 5.75 Å². The van der Waals surface area contributed by atoms with Crippen molar-refractivity contribution in [1.82, 2.24) is 4.90 Å². The summed E-state index contributed by atoms with van der Waals surface area (Å²) in [6, 6.07) is 16.2. The number of anilines is 1. The maximum Gasteiger partial charge on any atom is 0.234 e. The molecule has 156 valence electrons. The molecule has 0 aromatic heterocycles. The molecule has 1 saturated heterocycles.